The van der Waals surface area contributed by atoms with Crippen LogP contribution in [0.5, 0.6) is 5.75 Å². The number of nitrogens with two attached hydrogens (primary N) is 1. The van der Waals surface area contributed by atoms with Crippen LogP contribution in [0.25, 0.3) is 27.9 Å². The van der Waals surface area contributed by atoms with Crippen LogP contribution in [-0.2, 0) is 10.3 Å². The van der Waals surface area contributed by atoms with E-state index in [1.54, 1.807) is 24.3 Å². The number of nitrogens with one attached hydrogen (secondary N) is 1. The lowest BCUT2D eigenvalue weighted by atomic mass is 10.0. The highest BCUT2D eigenvalue weighted by Crippen LogP contribution is 2.35. The van der Waals surface area contributed by atoms with Gasteiger partial charge in [0.2, 0.25) is 5.91 Å². The predicted octanol–water partition coefficient (Wildman–Crippen LogP) is 4.20. The number of benzene rings is 2. The number of hydrogen-bond donors (Lipinski definition) is 2. The molecule has 2 heterocycles. The largest absolute Gasteiger partial charge is 0.573 e. The molecule has 8 nitrogen and oxygen atoms in total. The first kappa shape index (κ1) is 23.7. The molecule has 34 heavy (non-hydrogen) atoms. The Hall–Kier alpha value is -3.44. The maximum atomic E-state index is 13.0. The van der Waals surface area contributed by atoms with Gasteiger partial charge in [0.1, 0.15) is 5.75 Å². The molecule has 0 aliphatic rings. The number of halogens is 4. The minimum Gasteiger partial charge on any atom is -0.405 e. The number of nitrogens with zero attached hydrogens (tertiary/aromatic N) is 4. The summed E-state index contributed by atoms with van der Waals surface area (Å²) < 4.78 is 44.4. The molecule has 0 aliphatic heterocycles. The van der Waals surface area contributed by atoms with Crippen LogP contribution in [-0.4, -0.2) is 38.4 Å². The number of fused-ring (bicyclic) bond motifs is 3. The van der Waals surface area contributed by atoms with Crippen LogP contribution >= 0.6 is 11.6 Å². The van der Waals surface area contributed by atoms with E-state index in [1.807, 2.05) is 6.92 Å². The number of hydrogen-bond acceptors (Lipinski definition) is 6. The van der Waals surface area contributed by atoms with Crippen LogP contribution in [0.1, 0.15) is 26.1 Å². The molecule has 0 radical (unpaired) electrons. The molecule has 0 saturated heterocycles. The van der Waals surface area contributed by atoms with E-state index in [0.29, 0.717) is 23.9 Å². The standard InChI is InChI=1S/C22H20ClF3N6O2/c1-3-10-28-20(33)21(2,27)19-29-15-7-5-4-6-13(15)18-30-17(31-32(18)19)14-11-12(23)8-9-16(14)34-22(24,25)26/h4-9,11H,3,10,27H2,1-2H3,(H,28,33)/t21-/m0/s1. The fourth-order valence-electron chi connectivity index (χ4n) is 3.42. The molecule has 4 aromatic rings. The Labute approximate surface area is 196 Å². The number of para-hydroxylation sites is 1. The van der Waals surface area contributed by atoms with Gasteiger partial charge in [-0.05, 0) is 43.7 Å². The highest BCUT2D eigenvalue weighted by atomic mass is 35.5. The van der Waals surface area contributed by atoms with Crippen LogP contribution in [0, 0.1) is 0 Å². The molecule has 4 rings (SSSR count). The summed E-state index contributed by atoms with van der Waals surface area (Å²) in [5.41, 5.74) is 5.44. The quantitative estimate of drug-likeness (QED) is 0.418. The highest BCUT2D eigenvalue weighted by molar-refractivity contribution is 6.30. The number of carbonyl (C=O) groups excluding carboxylic acids is 1. The van der Waals surface area contributed by atoms with Crippen molar-refractivity contribution in [2.45, 2.75) is 32.2 Å². The smallest absolute Gasteiger partial charge is 0.405 e. The Balaban J connectivity index is 1.97. The Bertz CT molecular complexity index is 1390. The van der Waals surface area contributed by atoms with Crippen molar-refractivity contribution in [2.75, 3.05) is 6.54 Å². The van der Waals surface area contributed by atoms with E-state index >= 15 is 0 Å². The fraction of sp³-hybridized carbons (Fsp3) is 0.273. The van der Waals surface area contributed by atoms with Crippen molar-refractivity contribution in [3.05, 3.63) is 53.3 Å². The highest BCUT2D eigenvalue weighted by Gasteiger charge is 2.37. The summed E-state index contributed by atoms with van der Waals surface area (Å²) in [6.07, 6.45) is -4.24. The lowest BCUT2D eigenvalue weighted by Crippen LogP contribution is -2.51. The van der Waals surface area contributed by atoms with Gasteiger partial charge in [-0.15, -0.1) is 18.3 Å². The van der Waals surface area contributed by atoms with Gasteiger partial charge < -0.3 is 15.8 Å². The van der Waals surface area contributed by atoms with Crippen molar-refractivity contribution < 1.29 is 22.7 Å². The number of carbonyl (C=O) groups is 1. The third-order valence-corrected chi connectivity index (χ3v) is 5.29. The number of amides is 1. The lowest BCUT2D eigenvalue weighted by molar-refractivity contribution is -0.274. The fourth-order valence-corrected chi connectivity index (χ4v) is 3.59. The molecule has 2 aromatic carbocycles. The van der Waals surface area contributed by atoms with Gasteiger partial charge in [0.15, 0.2) is 22.8 Å². The van der Waals surface area contributed by atoms with Gasteiger partial charge in [0.05, 0.1) is 11.1 Å². The minimum atomic E-state index is -4.94. The van der Waals surface area contributed by atoms with E-state index in [0.717, 1.165) is 6.07 Å². The van der Waals surface area contributed by atoms with Gasteiger partial charge in [0.25, 0.3) is 0 Å². The average Bonchev–Trinajstić information content (AvgIpc) is 3.22. The Kier molecular flexibility index (Phi) is 6.09. The van der Waals surface area contributed by atoms with Crippen molar-refractivity contribution in [2.24, 2.45) is 5.73 Å². The van der Waals surface area contributed by atoms with Gasteiger partial charge in [-0.25, -0.2) is 9.97 Å². The Morgan fingerprint density at radius 1 is 1.21 bits per heavy atom. The summed E-state index contributed by atoms with van der Waals surface area (Å²) in [5.74, 6) is -1.05. The number of alkyl halides is 3. The van der Waals surface area contributed by atoms with E-state index < -0.39 is 23.6 Å². The first-order valence-electron chi connectivity index (χ1n) is 10.3. The van der Waals surface area contributed by atoms with Gasteiger partial charge in [-0.3, -0.25) is 4.79 Å². The van der Waals surface area contributed by atoms with Gasteiger partial charge >= 0.3 is 6.36 Å². The van der Waals surface area contributed by atoms with Crippen LogP contribution < -0.4 is 15.8 Å². The van der Waals surface area contributed by atoms with Gasteiger partial charge in [-0.1, -0.05) is 30.7 Å². The van der Waals surface area contributed by atoms with E-state index in [9.17, 15) is 18.0 Å². The van der Waals surface area contributed by atoms with Crippen molar-refractivity contribution in [3.63, 3.8) is 0 Å². The van der Waals surface area contributed by atoms with Crippen molar-refractivity contribution in [3.8, 4) is 17.1 Å². The molecule has 0 spiro atoms. The van der Waals surface area contributed by atoms with Crippen LogP contribution in [0.2, 0.25) is 5.02 Å². The molecule has 0 unspecified atom stereocenters. The second-order valence-corrected chi connectivity index (χ2v) is 8.21. The summed E-state index contributed by atoms with van der Waals surface area (Å²) in [5, 5.41) is 7.83. The molecular weight excluding hydrogens is 473 g/mol. The van der Waals surface area contributed by atoms with Gasteiger partial charge in [-0.2, -0.15) is 4.52 Å². The van der Waals surface area contributed by atoms with Crippen molar-refractivity contribution >= 4 is 34.1 Å². The van der Waals surface area contributed by atoms with Crippen molar-refractivity contribution in [1.29, 1.82) is 0 Å². The maximum absolute atomic E-state index is 13.0. The zero-order chi connectivity index (χ0) is 24.7. The Morgan fingerprint density at radius 2 is 1.94 bits per heavy atom. The van der Waals surface area contributed by atoms with Gasteiger partial charge in [0, 0.05) is 17.0 Å². The zero-order valence-corrected chi connectivity index (χ0v) is 18.9. The van der Waals surface area contributed by atoms with Crippen LogP contribution in [0.15, 0.2) is 42.5 Å². The lowest BCUT2D eigenvalue weighted by Gasteiger charge is -2.23. The molecule has 0 bridgehead atoms. The molecule has 3 N–H and O–H groups in total. The number of rotatable bonds is 6. The molecule has 0 fully saturated rings. The number of aromatic nitrogens is 4. The molecule has 12 heteroatoms. The molecule has 2 aromatic heterocycles. The van der Waals surface area contributed by atoms with E-state index in [-0.39, 0.29) is 27.9 Å². The molecule has 1 amide bonds. The summed E-state index contributed by atoms with van der Waals surface area (Å²) in [7, 11) is 0. The summed E-state index contributed by atoms with van der Waals surface area (Å²) >= 11 is 6.04. The third-order valence-electron chi connectivity index (χ3n) is 5.06. The maximum Gasteiger partial charge on any atom is 0.573 e. The molecule has 0 aliphatic carbocycles. The molecule has 0 saturated carbocycles. The summed E-state index contributed by atoms with van der Waals surface area (Å²) in [6.45, 7) is 3.79. The minimum absolute atomic E-state index is 0.0638. The first-order chi connectivity index (χ1) is 16.0. The summed E-state index contributed by atoms with van der Waals surface area (Å²) in [4.78, 5) is 21.8. The van der Waals surface area contributed by atoms with Crippen LogP contribution in [0.4, 0.5) is 13.2 Å². The van der Waals surface area contributed by atoms with E-state index in [2.05, 4.69) is 25.1 Å². The summed E-state index contributed by atoms with van der Waals surface area (Å²) in [6, 6.07) is 10.6. The van der Waals surface area contributed by atoms with Crippen molar-refractivity contribution in [1.82, 2.24) is 24.9 Å². The molecule has 178 valence electrons. The first-order valence-corrected chi connectivity index (χ1v) is 10.7. The Morgan fingerprint density at radius 3 is 2.65 bits per heavy atom. The van der Waals surface area contributed by atoms with Crippen LogP contribution in [0.3, 0.4) is 0 Å². The second-order valence-electron chi connectivity index (χ2n) is 7.77. The zero-order valence-electron chi connectivity index (χ0n) is 18.2. The third kappa shape index (κ3) is 4.48. The molecular formula is C22H20ClF3N6O2. The SMILES string of the molecule is CCCNC(=O)[C@@](C)(N)c1nc2ccccc2c2nc(-c3cc(Cl)ccc3OC(F)(F)F)nn12. The van der Waals surface area contributed by atoms with E-state index in [4.69, 9.17) is 17.3 Å². The average molecular weight is 493 g/mol. The second kappa shape index (κ2) is 8.73. The monoisotopic (exact) mass is 492 g/mol. The molecule has 1 atom stereocenters. The topological polar surface area (TPSA) is 107 Å². The predicted molar refractivity (Wildman–Crippen MR) is 120 cm³/mol. The van der Waals surface area contributed by atoms with E-state index in [1.165, 1.54) is 23.6 Å². The normalized spacial score (nSPS) is 13.7. The number of ether oxygens (including phenoxy) is 1.